The van der Waals surface area contributed by atoms with Gasteiger partial charge in [-0.25, -0.2) is 4.39 Å². The highest BCUT2D eigenvalue weighted by atomic mass is 19.1. The van der Waals surface area contributed by atoms with Crippen LogP contribution in [0.15, 0.2) is 30.3 Å². The molecule has 1 amide bonds. The molecule has 0 aliphatic heterocycles. The van der Waals surface area contributed by atoms with E-state index in [1.807, 2.05) is 13.0 Å². The third kappa shape index (κ3) is 2.03. The summed E-state index contributed by atoms with van der Waals surface area (Å²) in [7, 11) is 0. The molecule has 1 heterocycles. The fourth-order valence-corrected chi connectivity index (χ4v) is 2.52. The van der Waals surface area contributed by atoms with Crippen LogP contribution in [-0.4, -0.2) is 10.5 Å². The molecule has 0 spiro atoms. The van der Waals surface area contributed by atoms with Crippen LogP contribution in [0.5, 0.6) is 0 Å². The zero-order chi connectivity index (χ0) is 13.6. The maximum absolute atomic E-state index is 13.0. The summed E-state index contributed by atoms with van der Waals surface area (Å²) in [5.41, 5.74) is 8.70. The number of carbonyl (C=O) groups excluding carboxylic acids is 1. The molecule has 4 heteroatoms. The molecule has 2 aromatic rings. The van der Waals surface area contributed by atoms with Crippen LogP contribution >= 0.6 is 0 Å². The SMILES string of the molecule is Cc1c(C(N)=O)cc(-c2ccc(F)cc2)n1C1CC1. The minimum atomic E-state index is -0.416. The van der Waals surface area contributed by atoms with Crippen LogP contribution < -0.4 is 5.73 Å². The van der Waals surface area contributed by atoms with Gasteiger partial charge in [0.15, 0.2) is 0 Å². The van der Waals surface area contributed by atoms with Crippen molar-refractivity contribution in [2.75, 3.05) is 0 Å². The van der Waals surface area contributed by atoms with Gasteiger partial charge in [0.05, 0.1) is 5.56 Å². The van der Waals surface area contributed by atoms with Gasteiger partial charge in [-0.05, 0) is 55.7 Å². The highest BCUT2D eigenvalue weighted by molar-refractivity contribution is 5.95. The van der Waals surface area contributed by atoms with Gasteiger partial charge in [-0.1, -0.05) is 0 Å². The van der Waals surface area contributed by atoms with Gasteiger partial charge in [0.25, 0.3) is 5.91 Å². The van der Waals surface area contributed by atoms with Gasteiger partial charge in [0.1, 0.15) is 5.82 Å². The van der Waals surface area contributed by atoms with Gasteiger partial charge < -0.3 is 10.3 Å². The van der Waals surface area contributed by atoms with E-state index in [9.17, 15) is 9.18 Å². The number of primary amides is 1. The van der Waals surface area contributed by atoms with Crippen molar-refractivity contribution in [2.45, 2.75) is 25.8 Å². The van der Waals surface area contributed by atoms with Gasteiger partial charge >= 0.3 is 0 Å². The molecule has 3 rings (SSSR count). The zero-order valence-corrected chi connectivity index (χ0v) is 10.7. The topological polar surface area (TPSA) is 48.0 Å². The fourth-order valence-electron chi connectivity index (χ4n) is 2.52. The van der Waals surface area contributed by atoms with Crippen LogP contribution in [0.3, 0.4) is 0 Å². The van der Waals surface area contributed by atoms with Gasteiger partial charge in [-0.3, -0.25) is 4.79 Å². The summed E-state index contributed by atoms with van der Waals surface area (Å²) < 4.78 is 15.2. The van der Waals surface area contributed by atoms with Crippen molar-refractivity contribution < 1.29 is 9.18 Å². The van der Waals surface area contributed by atoms with Crippen molar-refractivity contribution in [1.29, 1.82) is 0 Å². The van der Waals surface area contributed by atoms with Gasteiger partial charge in [0.2, 0.25) is 0 Å². The number of carbonyl (C=O) groups is 1. The number of amides is 1. The smallest absolute Gasteiger partial charge is 0.250 e. The van der Waals surface area contributed by atoms with E-state index in [-0.39, 0.29) is 5.82 Å². The van der Waals surface area contributed by atoms with Crippen molar-refractivity contribution in [2.24, 2.45) is 5.73 Å². The number of rotatable bonds is 3. The van der Waals surface area contributed by atoms with Crippen LogP contribution in [0, 0.1) is 12.7 Å². The number of hydrogen-bond acceptors (Lipinski definition) is 1. The Bertz CT molecular complexity index is 639. The average Bonchev–Trinajstić information content (AvgIpc) is 3.14. The predicted octanol–water partition coefficient (Wildman–Crippen LogP) is 3.04. The third-order valence-electron chi connectivity index (χ3n) is 3.61. The summed E-state index contributed by atoms with van der Waals surface area (Å²) in [5, 5.41) is 0. The second-order valence-corrected chi connectivity index (χ2v) is 5.00. The van der Waals surface area contributed by atoms with Gasteiger partial charge in [-0.2, -0.15) is 0 Å². The Kier molecular flexibility index (Phi) is 2.66. The summed E-state index contributed by atoms with van der Waals surface area (Å²) in [6, 6.07) is 8.57. The van der Waals surface area contributed by atoms with E-state index in [0.29, 0.717) is 11.6 Å². The van der Waals surface area contributed by atoms with Crippen molar-refractivity contribution in [3.63, 3.8) is 0 Å². The minimum Gasteiger partial charge on any atom is -0.366 e. The quantitative estimate of drug-likeness (QED) is 0.903. The Morgan fingerprint density at radius 3 is 2.47 bits per heavy atom. The number of halogens is 1. The molecule has 1 saturated carbocycles. The lowest BCUT2D eigenvalue weighted by Crippen LogP contribution is -2.12. The summed E-state index contributed by atoms with van der Waals surface area (Å²) in [5.74, 6) is -0.680. The van der Waals surface area contributed by atoms with E-state index in [2.05, 4.69) is 4.57 Å². The molecular formula is C15H15FN2O. The molecule has 0 saturated heterocycles. The summed E-state index contributed by atoms with van der Waals surface area (Å²) >= 11 is 0. The summed E-state index contributed by atoms with van der Waals surface area (Å²) in [6.07, 6.45) is 2.23. The predicted molar refractivity (Wildman–Crippen MR) is 71.4 cm³/mol. The Labute approximate surface area is 110 Å². The zero-order valence-electron chi connectivity index (χ0n) is 10.7. The van der Waals surface area contributed by atoms with E-state index in [1.165, 1.54) is 12.1 Å². The largest absolute Gasteiger partial charge is 0.366 e. The maximum Gasteiger partial charge on any atom is 0.250 e. The third-order valence-corrected chi connectivity index (χ3v) is 3.61. The normalized spacial score (nSPS) is 14.6. The van der Waals surface area contributed by atoms with Gasteiger partial charge in [-0.15, -0.1) is 0 Å². The molecule has 1 aliphatic carbocycles. The first-order valence-electron chi connectivity index (χ1n) is 6.35. The van der Waals surface area contributed by atoms with Crippen LogP contribution in [-0.2, 0) is 0 Å². The van der Waals surface area contributed by atoms with Crippen LogP contribution in [0.25, 0.3) is 11.3 Å². The van der Waals surface area contributed by atoms with Crippen molar-refractivity contribution in [3.8, 4) is 11.3 Å². The highest BCUT2D eigenvalue weighted by Crippen LogP contribution is 2.41. The molecule has 0 bridgehead atoms. The van der Waals surface area contributed by atoms with Crippen LogP contribution in [0.2, 0.25) is 0 Å². The standard InChI is InChI=1S/C15H15FN2O/c1-9-13(15(17)19)8-14(18(9)12-6-7-12)10-2-4-11(16)5-3-10/h2-5,8,12H,6-7H2,1H3,(H2,17,19). The first kappa shape index (κ1) is 12.0. The first-order chi connectivity index (χ1) is 9.08. The molecule has 1 aliphatic rings. The number of hydrogen-bond donors (Lipinski definition) is 1. The Morgan fingerprint density at radius 1 is 1.32 bits per heavy atom. The lowest BCUT2D eigenvalue weighted by molar-refractivity contribution is 0.0999. The highest BCUT2D eigenvalue weighted by Gasteiger charge is 2.29. The molecule has 3 nitrogen and oxygen atoms in total. The van der Waals surface area contributed by atoms with Gasteiger partial charge in [0, 0.05) is 17.4 Å². The molecule has 1 aromatic carbocycles. The molecular weight excluding hydrogens is 243 g/mol. The van der Waals surface area contributed by atoms with Crippen LogP contribution in [0.1, 0.15) is 34.9 Å². The molecule has 1 aromatic heterocycles. The molecule has 0 unspecified atom stereocenters. The van der Waals surface area contributed by atoms with E-state index in [0.717, 1.165) is 29.8 Å². The summed E-state index contributed by atoms with van der Waals surface area (Å²) in [6.45, 7) is 1.91. The van der Waals surface area contributed by atoms with E-state index < -0.39 is 5.91 Å². The van der Waals surface area contributed by atoms with Crippen molar-refractivity contribution in [3.05, 3.63) is 47.4 Å². The second kappa shape index (κ2) is 4.23. The van der Waals surface area contributed by atoms with Crippen molar-refractivity contribution >= 4 is 5.91 Å². The summed E-state index contributed by atoms with van der Waals surface area (Å²) in [4.78, 5) is 11.5. The van der Waals surface area contributed by atoms with Crippen molar-refractivity contribution in [1.82, 2.24) is 4.57 Å². The maximum atomic E-state index is 13.0. The average molecular weight is 258 g/mol. The van der Waals surface area contributed by atoms with Crippen LogP contribution in [0.4, 0.5) is 4.39 Å². The lowest BCUT2D eigenvalue weighted by atomic mass is 10.1. The number of nitrogens with two attached hydrogens (primary N) is 1. The number of nitrogens with zero attached hydrogens (tertiary/aromatic N) is 1. The van der Waals surface area contributed by atoms with E-state index >= 15 is 0 Å². The first-order valence-corrected chi connectivity index (χ1v) is 6.35. The Morgan fingerprint density at radius 2 is 1.95 bits per heavy atom. The molecule has 0 atom stereocenters. The molecule has 0 radical (unpaired) electrons. The monoisotopic (exact) mass is 258 g/mol. The van der Waals surface area contributed by atoms with E-state index in [1.54, 1.807) is 12.1 Å². The molecule has 2 N–H and O–H groups in total. The molecule has 1 fully saturated rings. The fraction of sp³-hybridized carbons (Fsp3) is 0.267. The second-order valence-electron chi connectivity index (χ2n) is 5.00. The number of aromatic nitrogens is 1. The molecule has 98 valence electrons. The Balaban J connectivity index is 2.16. The van der Waals surface area contributed by atoms with E-state index in [4.69, 9.17) is 5.73 Å². The minimum absolute atomic E-state index is 0.264. The number of benzene rings is 1. The lowest BCUT2D eigenvalue weighted by Gasteiger charge is -2.10. The Hall–Kier alpha value is -2.10. The molecule has 19 heavy (non-hydrogen) atoms.